The van der Waals surface area contributed by atoms with Crippen molar-refractivity contribution < 1.29 is 14.6 Å². The first-order valence-corrected chi connectivity index (χ1v) is 9.93. The van der Waals surface area contributed by atoms with Crippen molar-refractivity contribution in [1.29, 1.82) is 0 Å². The van der Waals surface area contributed by atoms with Crippen LogP contribution in [-0.4, -0.2) is 38.0 Å². The Kier molecular flexibility index (Phi) is 4.42. The third kappa shape index (κ3) is 3.15. The number of phenolic OH excluding ortho intramolecular Hbond substituents is 1. The Morgan fingerprint density at radius 2 is 1.93 bits per heavy atom. The number of phenols is 1. The van der Waals surface area contributed by atoms with Gasteiger partial charge in [-0.15, -0.1) is 0 Å². The lowest BCUT2D eigenvalue weighted by atomic mass is 9.77. The highest BCUT2D eigenvalue weighted by atomic mass is 16.5. The third-order valence-corrected chi connectivity index (χ3v) is 6.05. The number of nitrogens with zero attached hydrogens (tertiary/aromatic N) is 1. The largest absolute Gasteiger partial charge is 0.508 e. The predicted octanol–water partition coefficient (Wildman–Crippen LogP) is 3.86. The topological polar surface area (TPSA) is 54.0 Å². The maximum absolute atomic E-state index is 9.94. The first kappa shape index (κ1) is 16.9. The number of aromatic hydroxyl groups is 1. The number of hydrogen-bond donors (Lipinski definition) is 2. The van der Waals surface area contributed by atoms with Crippen LogP contribution in [-0.2, 0) is 9.47 Å². The van der Waals surface area contributed by atoms with Crippen molar-refractivity contribution in [2.75, 3.05) is 43.1 Å². The van der Waals surface area contributed by atoms with E-state index in [9.17, 15) is 5.11 Å². The number of anilines is 2. The lowest BCUT2D eigenvalue weighted by Gasteiger charge is -2.44. The van der Waals surface area contributed by atoms with Crippen molar-refractivity contribution in [2.24, 2.45) is 5.92 Å². The lowest BCUT2D eigenvalue weighted by molar-refractivity contribution is -0.0381. The first-order chi connectivity index (χ1) is 13.3. The summed E-state index contributed by atoms with van der Waals surface area (Å²) < 4.78 is 11.8. The minimum Gasteiger partial charge on any atom is -0.508 e. The van der Waals surface area contributed by atoms with Gasteiger partial charge in [0.15, 0.2) is 0 Å². The smallest absolute Gasteiger partial charge is 0.115 e. The molecular formula is C22H26N2O3. The summed E-state index contributed by atoms with van der Waals surface area (Å²) in [5, 5.41) is 13.7. The molecule has 3 atom stereocenters. The molecule has 27 heavy (non-hydrogen) atoms. The van der Waals surface area contributed by atoms with Gasteiger partial charge in [0, 0.05) is 42.6 Å². The molecule has 0 aliphatic carbocycles. The van der Waals surface area contributed by atoms with Gasteiger partial charge in [-0.1, -0.05) is 12.1 Å². The lowest BCUT2D eigenvalue weighted by Crippen LogP contribution is -2.38. The average molecular weight is 366 g/mol. The molecule has 5 heteroatoms. The van der Waals surface area contributed by atoms with Crippen LogP contribution in [0.15, 0.2) is 42.5 Å². The molecule has 3 aliphatic heterocycles. The van der Waals surface area contributed by atoms with E-state index >= 15 is 0 Å². The van der Waals surface area contributed by atoms with E-state index < -0.39 is 0 Å². The maximum Gasteiger partial charge on any atom is 0.115 e. The van der Waals surface area contributed by atoms with E-state index in [4.69, 9.17) is 9.47 Å². The minimum absolute atomic E-state index is 0.100. The van der Waals surface area contributed by atoms with Gasteiger partial charge in [-0.2, -0.15) is 0 Å². The molecule has 3 aliphatic rings. The summed E-state index contributed by atoms with van der Waals surface area (Å²) in [6.07, 6.45) is 2.30. The van der Waals surface area contributed by atoms with Crippen molar-refractivity contribution in [3.8, 4) is 5.75 Å². The summed E-state index contributed by atoms with van der Waals surface area (Å²) in [6, 6.07) is 14.4. The molecule has 5 rings (SSSR count). The van der Waals surface area contributed by atoms with Crippen LogP contribution < -0.4 is 10.2 Å². The Hall–Kier alpha value is -2.24. The van der Waals surface area contributed by atoms with E-state index in [-0.39, 0.29) is 12.1 Å². The van der Waals surface area contributed by atoms with Gasteiger partial charge in [-0.05, 0) is 48.7 Å². The van der Waals surface area contributed by atoms with Crippen LogP contribution in [0.5, 0.6) is 5.75 Å². The van der Waals surface area contributed by atoms with Crippen molar-refractivity contribution >= 4 is 11.4 Å². The van der Waals surface area contributed by atoms with Crippen molar-refractivity contribution in [3.05, 3.63) is 53.6 Å². The zero-order valence-electron chi connectivity index (χ0n) is 15.4. The molecule has 0 spiro atoms. The maximum atomic E-state index is 9.94. The zero-order valence-corrected chi connectivity index (χ0v) is 15.4. The van der Waals surface area contributed by atoms with Gasteiger partial charge in [0.25, 0.3) is 0 Å². The van der Waals surface area contributed by atoms with Gasteiger partial charge in [0.2, 0.25) is 0 Å². The van der Waals surface area contributed by atoms with Crippen LogP contribution in [0.2, 0.25) is 0 Å². The molecule has 2 N–H and O–H groups in total. The third-order valence-electron chi connectivity index (χ3n) is 6.05. The summed E-state index contributed by atoms with van der Waals surface area (Å²) in [5.41, 5.74) is 4.78. The molecule has 0 bridgehead atoms. The number of nitrogens with one attached hydrogen (secondary N) is 1. The molecule has 0 amide bonds. The molecular weight excluding hydrogens is 340 g/mol. The molecule has 142 valence electrons. The van der Waals surface area contributed by atoms with Crippen LogP contribution in [0, 0.1) is 5.92 Å². The molecule has 2 fully saturated rings. The standard InChI is InChI=1S/C22H26N2O3/c25-17-4-1-3-15(13-17)21-18-5-2-10-27-22(18)19-14-16(6-7-20(19)23-21)24-8-11-26-12-9-24/h1,3-4,6-7,13-14,18,21-23,25H,2,5,8-12H2. The van der Waals surface area contributed by atoms with E-state index in [0.29, 0.717) is 11.7 Å². The first-order valence-electron chi connectivity index (χ1n) is 9.93. The summed E-state index contributed by atoms with van der Waals surface area (Å²) in [7, 11) is 0. The SMILES string of the molecule is Oc1cccc(C2Nc3ccc(N4CCOCC4)cc3C3OCCCC23)c1. The Labute approximate surface area is 159 Å². The Bertz CT molecular complexity index is 819. The molecule has 0 aromatic heterocycles. The molecule has 3 heterocycles. The van der Waals surface area contributed by atoms with E-state index in [2.05, 4.69) is 34.5 Å². The van der Waals surface area contributed by atoms with Gasteiger partial charge in [0.1, 0.15) is 5.75 Å². The second-order valence-electron chi connectivity index (χ2n) is 7.69. The number of ether oxygens (including phenoxy) is 2. The highest BCUT2D eigenvalue weighted by Crippen LogP contribution is 2.50. The van der Waals surface area contributed by atoms with E-state index in [1.165, 1.54) is 11.3 Å². The fourth-order valence-electron chi connectivity index (χ4n) is 4.72. The summed E-state index contributed by atoms with van der Waals surface area (Å²) in [4.78, 5) is 2.39. The molecule has 0 radical (unpaired) electrons. The number of hydrogen-bond acceptors (Lipinski definition) is 5. The fraction of sp³-hybridized carbons (Fsp3) is 0.455. The molecule has 5 nitrogen and oxygen atoms in total. The van der Waals surface area contributed by atoms with Gasteiger partial charge in [-0.3, -0.25) is 0 Å². The highest BCUT2D eigenvalue weighted by molar-refractivity contribution is 5.64. The molecule has 2 saturated heterocycles. The summed E-state index contributed by atoms with van der Waals surface area (Å²) >= 11 is 0. The number of morpholine rings is 1. The zero-order chi connectivity index (χ0) is 18.2. The minimum atomic E-state index is 0.100. The Balaban J connectivity index is 1.51. The number of fused-ring (bicyclic) bond motifs is 3. The fourth-order valence-corrected chi connectivity index (χ4v) is 4.72. The van der Waals surface area contributed by atoms with Crippen molar-refractivity contribution in [2.45, 2.75) is 25.0 Å². The average Bonchev–Trinajstić information content (AvgIpc) is 2.73. The molecule has 3 unspecified atom stereocenters. The van der Waals surface area contributed by atoms with E-state index in [1.807, 2.05) is 12.1 Å². The van der Waals surface area contributed by atoms with Gasteiger partial charge >= 0.3 is 0 Å². The van der Waals surface area contributed by atoms with Crippen LogP contribution >= 0.6 is 0 Å². The van der Waals surface area contributed by atoms with E-state index in [1.54, 1.807) is 6.07 Å². The normalized spacial score (nSPS) is 27.4. The van der Waals surface area contributed by atoms with Gasteiger partial charge in [0.05, 0.1) is 25.4 Å². The van der Waals surface area contributed by atoms with Gasteiger partial charge in [-0.25, -0.2) is 0 Å². The second kappa shape index (κ2) is 7.06. The van der Waals surface area contributed by atoms with Crippen molar-refractivity contribution in [1.82, 2.24) is 0 Å². The quantitative estimate of drug-likeness (QED) is 0.845. The molecule has 2 aromatic carbocycles. The predicted molar refractivity (Wildman–Crippen MR) is 105 cm³/mol. The number of rotatable bonds is 2. The van der Waals surface area contributed by atoms with Crippen LogP contribution in [0.4, 0.5) is 11.4 Å². The van der Waals surface area contributed by atoms with Crippen LogP contribution in [0.1, 0.15) is 36.1 Å². The Morgan fingerprint density at radius 1 is 1.04 bits per heavy atom. The van der Waals surface area contributed by atoms with Crippen LogP contribution in [0.3, 0.4) is 0 Å². The monoisotopic (exact) mass is 366 g/mol. The summed E-state index contributed by atoms with van der Waals surface area (Å²) in [5.74, 6) is 0.684. The molecule has 2 aromatic rings. The Morgan fingerprint density at radius 3 is 2.78 bits per heavy atom. The number of benzene rings is 2. The summed E-state index contributed by atoms with van der Waals surface area (Å²) in [6.45, 7) is 4.27. The van der Waals surface area contributed by atoms with E-state index in [0.717, 1.165) is 57.0 Å². The second-order valence-corrected chi connectivity index (χ2v) is 7.69. The molecule has 0 saturated carbocycles. The highest BCUT2D eigenvalue weighted by Gasteiger charge is 2.40. The van der Waals surface area contributed by atoms with Crippen LogP contribution in [0.25, 0.3) is 0 Å². The van der Waals surface area contributed by atoms with Crippen molar-refractivity contribution in [3.63, 3.8) is 0 Å². The van der Waals surface area contributed by atoms with Gasteiger partial charge < -0.3 is 24.8 Å².